The summed E-state index contributed by atoms with van der Waals surface area (Å²) in [6.07, 6.45) is 0.883. The van der Waals surface area contributed by atoms with Crippen LogP contribution in [-0.2, 0) is 15.6 Å². The molecule has 27 heavy (non-hydrogen) atoms. The number of amides is 1. The first-order valence-electron chi connectivity index (χ1n) is 8.78. The summed E-state index contributed by atoms with van der Waals surface area (Å²) >= 11 is 0. The van der Waals surface area contributed by atoms with Crippen molar-refractivity contribution in [1.29, 1.82) is 0 Å². The second kappa shape index (κ2) is 8.87. The first kappa shape index (κ1) is 21.4. The molecule has 146 valence electrons. The van der Waals surface area contributed by atoms with Gasteiger partial charge in [0.05, 0.1) is 10.6 Å². The summed E-state index contributed by atoms with van der Waals surface area (Å²) < 4.78 is 25.4. The molecule has 0 aromatic heterocycles. The number of carbonyl (C=O) groups excluding carboxylic acids is 1. The van der Waals surface area contributed by atoms with Crippen LogP contribution in [0.3, 0.4) is 0 Å². The maximum Gasteiger partial charge on any atom is 0.254 e. The molecule has 1 amide bonds. The average Bonchev–Trinajstić information content (AvgIpc) is 3.02. The second-order valence-corrected chi connectivity index (χ2v) is 8.91. The van der Waals surface area contributed by atoms with Gasteiger partial charge < -0.3 is 10.6 Å². The Morgan fingerprint density at radius 2 is 1.85 bits per heavy atom. The van der Waals surface area contributed by atoms with Gasteiger partial charge in [0.2, 0.25) is 0 Å². The third-order valence-electron chi connectivity index (χ3n) is 4.90. The van der Waals surface area contributed by atoms with E-state index in [1.165, 1.54) is 6.07 Å². The number of likely N-dealkylation sites (tertiary alicyclic amines) is 1. The number of halogens is 1. The number of hydrogen-bond acceptors (Lipinski definition) is 4. The minimum absolute atomic E-state index is 0. The number of nitrogens with two attached hydrogens (primary N) is 1. The van der Waals surface area contributed by atoms with Crippen molar-refractivity contribution in [1.82, 2.24) is 4.90 Å². The van der Waals surface area contributed by atoms with E-state index in [0.717, 1.165) is 12.0 Å². The van der Waals surface area contributed by atoms with Crippen molar-refractivity contribution in [3.63, 3.8) is 0 Å². The lowest BCUT2D eigenvalue weighted by atomic mass is 10.1. The van der Waals surface area contributed by atoms with Crippen LogP contribution in [0.1, 0.15) is 29.3 Å². The summed E-state index contributed by atoms with van der Waals surface area (Å²) in [5, 5.41) is 0. The molecule has 1 aliphatic rings. The molecule has 1 fully saturated rings. The van der Waals surface area contributed by atoms with Crippen LogP contribution in [0, 0.1) is 5.92 Å². The molecule has 0 bridgehead atoms. The minimum Gasteiger partial charge on any atom is -0.336 e. The number of hydrogen-bond donors (Lipinski definition) is 1. The molecule has 2 unspecified atom stereocenters. The molecular formula is C20H25ClN2O3S. The molecule has 0 spiro atoms. The van der Waals surface area contributed by atoms with Crippen molar-refractivity contribution < 1.29 is 13.2 Å². The molecule has 3 rings (SSSR count). The third kappa shape index (κ3) is 4.89. The largest absolute Gasteiger partial charge is 0.336 e. The van der Waals surface area contributed by atoms with Crippen LogP contribution in [0.5, 0.6) is 0 Å². The van der Waals surface area contributed by atoms with Crippen molar-refractivity contribution in [2.75, 3.05) is 13.1 Å². The highest BCUT2D eigenvalue weighted by atomic mass is 35.5. The van der Waals surface area contributed by atoms with Crippen molar-refractivity contribution >= 4 is 28.2 Å². The van der Waals surface area contributed by atoms with E-state index in [-0.39, 0.29) is 35.0 Å². The predicted molar refractivity (Wildman–Crippen MR) is 109 cm³/mol. The van der Waals surface area contributed by atoms with Crippen LogP contribution >= 0.6 is 12.4 Å². The zero-order chi connectivity index (χ0) is 18.7. The molecule has 1 heterocycles. The van der Waals surface area contributed by atoms with E-state index >= 15 is 0 Å². The SMILES string of the molecule is CC1CC(CN)CN1C(=O)c1cccc(S(=O)(=O)Cc2ccccc2)c1.Cl. The van der Waals surface area contributed by atoms with Gasteiger partial charge in [0, 0.05) is 18.2 Å². The highest BCUT2D eigenvalue weighted by Crippen LogP contribution is 2.25. The monoisotopic (exact) mass is 408 g/mol. The Hall–Kier alpha value is -1.89. The maximum atomic E-state index is 12.8. The first-order chi connectivity index (χ1) is 12.4. The van der Waals surface area contributed by atoms with Crippen LogP contribution < -0.4 is 5.73 Å². The number of benzene rings is 2. The summed E-state index contributed by atoms with van der Waals surface area (Å²) in [7, 11) is -3.51. The Morgan fingerprint density at radius 1 is 1.15 bits per heavy atom. The number of nitrogens with zero attached hydrogens (tertiary/aromatic N) is 1. The normalized spacial score (nSPS) is 19.6. The smallest absolute Gasteiger partial charge is 0.254 e. The van der Waals surface area contributed by atoms with E-state index in [0.29, 0.717) is 24.6 Å². The van der Waals surface area contributed by atoms with Crippen LogP contribution in [0.25, 0.3) is 0 Å². The number of sulfone groups is 1. The fraction of sp³-hybridized carbons (Fsp3) is 0.350. The number of rotatable bonds is 5. The molecule has 0 aliphatic carbocycles. The minimum atomic E-state index is -3.51. The standard InChI is InChI=1S/C20H24N2O3S.ClH/c1-15-10-17(12-21)13-22(15)20(23)18-8-5-9-19(11-18)26(24,25)14-16-6-3-2-4-7-16;/h2-9,11,15,17H,10,12-14,21H2,1H3;1H. The molecule has 7 heteroatoms. The Bertz CT molecular complexity index is 887. The summed E-state index contributed by atoms with van der Waals surface area (Å²) in [6, 6.07) is 15.5. The molecule has 2 aromatic carbocycles. The fourth-order valence-electron chi connectivity index (χ4n) is 3.46. The Kier molecular flexibility index (Phi) is 7.03. The molecule has 2 atom stereocenters. The van der Waals surface area contributed by atoms with Gasteiger partial charge >= 0.3 is 0 Å². The lowest BCUT2D eigenvalue weighted by Crippen LogP contribution is -2.34. The number of carbonyl (C=O) groups is 1. The summed E-state index contributed by atoms with van der Waals surface area (Å²) in [5.41, 5.74) is 6.87. The topological polar surface area (TPSA) is 80.5 Å². The molecule has 2 N–H and O–H groups in total. The van der Waals surface area contributed by atoms with E-state index in [2.05, 4.69) is 0 Å². The lowest BCUT2D eigenvalue weighted by molar-refractivity contribution is 0.0743. The van der Waals surface area contributed by atoms with Gasteiger partial charge in [-0.05, 0) is 49.6 Å². The maximum absolute atomic E-state index is 12.8. The van der Waals surface area contributed by atoms with Crippen LogP contribution in [0.2, 0.25) is 0 Å². The van der Waals surface area contributed by atoms with Gasteiger partial charge in [-0.15, -0.1) is 12.4 Å². The zero-order valence-electron chi connectivity index (χ0n) is 15.2. The molecule has 0 radical (unpaired) electrons. The van der Waals surface area contributed by atoms with E-state index in [9.17, 15) is 13.2 Å². The molecule has 2 aromatic rings. The molecule has 5 nitrogen and oxygen atoms in total. The van der Waals surface area contributed by atoms with Crippen LogP contribution in [0.15, 0.2) is 59.5 Å². The van der Waals surface area contributed by atoms with Gasteiger partial charge in [0.15, 0.2) is 9.84 Å². The lowest BCUT2D eigenvalue weighted by Gasteiger charge is -2.21. The Balaban J connectivity index is 0.00000261. The molecule has 0 saturated carbocycles. The van der Waals surface area contributed by atoms with Crippen molar-refractivity contribution in [2.45, 2.75) is 30.0 Å². The van der Waals surface area contributed by atoms with Gasteiger partial charge in [0.25, 0.3) is 5.91 Å². The van der Waals surface area contributed by atoms with Gasteiger partial charge in [-0.25, -0.2) is 8.42 Å². The van der Waals surface area contributed by atoms with Gasteiger partial charge in [-0.1, -0.05) is 36.4 Å². The summed E-state index contributed by atoms with van der Waals surface area (Å²) in [5.74, 6) is 0.0880. The van der Waals surface area contributed by atoms with Crippen LogP contribution in [0.4, 0.5) is 0 Å². The molecular weight excluding hydrogens is 384 g/mol. The van der Waals surface area contributed by atoms with E-state index in [1.807, 2.05) is 25.1 Å². The van der Waals surface area contributed by atoms with Crippen molar-refractivity contribution in [3.05, 3.63) is 65.7 Å². The Morgan fingerprint density at radius 3 is 2.48 bits per heavy atom. The van der Waals surface area contributed by atoms with Crippen LogP contribution in [-0.4, -0.2) is 38.4 Å². The first-order valence-corrected chi connectivity index (χ1v) is 10.4. The fourth-order valence-corrected chi connectivity index (χ4v) is 4.85. The van der Waals surface area contributed by atoms with E-state index < -0.39 is 9.84 Å². The molecule has 1 saturated heterocycles. The quantitative estimate of drug-likeness (QED) is 0.824. The average molecular weight is 409 g/mol. The third-order valence-corrected chi connectivity index (χ3v) is 6.58. The van der Waals surface area contributed by atoms with Gasteiger partial charge in [0.1, 0.15) is 0 Å². The second-order valence-electron chi connectivity index (χ2n) is 6.92. The summed E-state index contributed by atoms with van der Waals surface area (Å²) in [6.45, 7) is 3.18. The highest BCUT2D eigenvalue weighted by Gasteiger charge is 2.32. The van der Waals surface area contributed by atoms with Crippen molar-refractivity contribution in [3.8, 4) is 0 Å². The van der Waals surface area contributed by atoms with E-state index in [1.54, 1.807) is 35.2 Å². The van der Waals surface area contributed by atoms with Gasteiger partial charge in [-0.3, -0.25) is 4.79 Å². The van der Waals surface area contributed by atoms with Gasteiger partial charge in [-0.2, -0.15) is 0 Å². The van der Waals surface area contributed by atoms with Crippen molar-refractivity contribution in [2.24, 2.45) is 11.7 Å². The predicted octanol–water partition coefficient (Wildman–Crippen LogP) is 2.89. The zero-order valence-corrected chi connectivity index (χ0v) is 16.9. The summed E-state index contributed by atoms with van der Waals surface area (Å²) in [4.78, 5) is 14.8. The molecule has 1 aliphatic heterocycles. The van der Waals surface area contributed by atoms with E-state index in [4.69, 9.17) is 5.73 Å². The highest BCUT2D eigenvalue weighted by molar-refractivity contribution is 7.90. The Labute approximate surface area is 166 Å².